The van der Waals surface area contributed by atoms with Crippen molar-refractivity contribution in [3.05, 3.63) is 29.8 Å². The van der Waals surface area contributed by atoms with E-state index in [9.17, 15) is 9.90 Å². The standard InChI is InChI=1S/C18H26N2O3/c1-23-16-4-2-3-13(11-16)18(22)20-17(14-9-15(21)10-14)12-5-7-19-8-6-12/h2-4,11-12,14-15,17,19,21H,5-10H2,1H3,(H,20,22)/t14?,15?,17-/m1/s1. The van der Waals surface area contributed by atoms with Crippen LogP contribution in [0.5, 0.6) is 5.75 Å². The fourth-order valence-corrected chi connectivity index (χ4v) is 3.75. The number of hydrogen-bond donors (Lipinski definition) is 3. The highest BCUT2D eigenvalue weighted by Gasteiger charge is 2.39. The third-order valence-corrected chi connectivity index (χ3v) is 5.18. The Morgan fingerprint density at radius 3 is 2.70 bits per heavy atom. The Labute approximate surface area is 137 Å². The Hall–Kier alpha value is -1.59. The van der Waals surface area contributed by atoms with Gasteiger partial charge in [0.05, 0.1) is 13.2 Å². The Morgan fingerprint density at radius 1 is 1.30 bits per heavy atom. The lowest BCUT2D eigenvalue weighted by molar-refractivity contribution is 0.00919. The van der Waals surface area contributed by atoms with E-state index < -0.39 is 0 Å². The maximum atomic E-state index is 12.6. The van der Waals surface area contributed by atoms with Crippen LogP contribution in [0.15, 0.2) is 24.3 Å². The number of hydrogen-bond acceptors (Lipinski definition) is 4. The lowest BCUT2D eigenvalue weighted by atomic mass is 9.71. The van der Waals surface area contributed by atoms with Gasteiger partial charge in [-0.15, -0.1) is 0 Å². The fourth-order valence-electron chi connectivity index (χ4n) is 3.75. The molecule has 1 aromatic carbocycles. The van der Waals surface area contributed by atoms with Crippen molar-refractivity contribution in [3.63, 3.8) is 0 Å². The van der Waals surface area contributed by atoms with Gasteiger partial charge in [0, 0.05) is 11.6 Å². The van der Waals surface area contributed by atoms with E-state index in [-0.39, 0.29) is 18.1 Å². The van der Waals surface area contributed by atoms with E-state index in [1.54, 1.807) is 13.2 Å². The Bertz CT molecular complexity index is 537. The molecular formula is C18H26N2O3. The smallest absolute Gasteiger partial charge is 0.251 e. The first-order valence-electron chi connectivity index (χ1n) is 8.51. The van der Waals surface area contributed by atoms with Crippen LogP contribution in [0, 0.1) is 11.8 Å². The lowest BCUT2D eigenvalue weighted by Crippen LogP contribution is -2.52. The lowest BCUT2D eigenvalue weighted by Gasteiger charge is -2.43. The Morgan fingerprint density at radius 2 is 2.04 bits per heavy atom. The number of aliphatic hydroxyl groups is 1. The SMILES string of the molecule is COc1cccc(C(=O)N[C@H](C2CCNCC2)C2CC(O)C2)c1. The zero-order chi connectivity index (χ0) is 16.2. The molecule has 1 amide bonds. The third kappa shape index (κ3) is 3.85. The summed E-state index contributed by atoms with van der Waals surface area (Å²) in [5.74, 6) is 1.52. The summed E-state index contributed by atoms with van der Waals surface area (Å²) in [6, 6.07) is 7.40. The molecule has 0 aromatic heterocycles. The predicted octanol–water partition coefficient (Wildman–Crippen LogP) is 1.56. The molecule has 1 heterocycles. The molecule has 5 nitrogen and oxygen atoms in total. The highest BCUT2D eigenvalue weighted by atomic mass is 16.5. The first-order chi connectivity index (χ1) is 11.2. The number of amides is 1. The van der Waals surface area contributed by atoms with Gasteiger partial charge >= 0.3 is 0 Å². The molecule has 1 aromatic rings. The molecule has 0 bridgehead atoms. The molecule has 1 aliphatic carbocycles. The quantitative estimate of drug-likeness (QED) is 0.771. The second-order valence-electron chi connectivity index (χ2n) is 6.70. The molecule has 1 saturated heterocycles. The monoisotopic (exact) mass is 318 g/mol. The van der Waals surface area contributed by atoms with E-state index in [1.165, 1.54) is 0 Å². The minimum atomic E-state index is -0.196. The molecule has 0 radical (unpaired) electrons. The van der Waals surface area contributed by atoms with Crippen LogP contribution in [-0.4, -0.2) is 43.4 Å². The molecule has 126 valence electrons. The summed E-state index contributed by atoms with van der Waals surface area (Å²) in [7, 11) is 1.60. The van der Waals surface area contributed by atoms with E-state index in [0.29, 0.717) is 23.1 Å². The summed E-state index contributed by atoms with van der Waals surface area (Å²) in [5.41, 5.74) is 0.628. The second kappa shape index (κ2) is 7.32. The zero-order valence-corrected chi connectivity index (χ0v) is 13.6. The van der Waals surface area contributed by atoms with Gasteiger partial charge in [-0.25, -0.2) is 0 Å². The van der Waals surface area contributed by atoms with E-state index in [2.05, 4.69) is 10.6 Å². The van der Waals surface area contributed by atoms with Gasteiger partial charge in [0.2, 0.25) is 0 Å². The molecule has 1 saturated carbocycles. The summed E-state index contributed by atoms with van der Waals surface area (Å²) in [6.07, 6.45) is 3.56. The van der Waals surface area contributed by atoms with Crippen molar-refractivity contribution < 1.29 is 14.6 Å². The topological polar surface area (TPSA) is 70.6 Å². The third-order valence-electron chi connectivity index (χ3n) is 5.18. The fraction of sp³-hybridized carbons (Fsp3) is 0.611. The van der Waals surface area contributed by atoms with Crippen LogP contribution in [0.4, 0.5) is 0 Å². The van der Waals surface area contributed by atoms with E-state index >= 15 is 0 Å². The molecule has 0 spiro atoms. The van der Waals surface area contributed by atoms with Gasteiger partial charge in [0.25, 0.3) is 5.91 Å². The number of ether oxygens (including phenoxy) is 1. The maximum Gasteiger partial charge on any atom is 0.251 e. The molecular weight excluding hydrogens is 292 g/mol. The van der Waals surface area contributed by atoms with E-state index in [0.717, 1.165) is 38.8 Å². The number of piperidine rings is 1. The maximum absolute atomic E-state index is 12.6. The average molecular weight is 318 g/mol. The molecule has 3 N–H and O–H groups in total. The summed E-state index contributed by atoms with van der Waals surface area (Å²) in [5, 5.41) is 16.3. The summed E-state index contributed by atoms with van der Waals surface area (Å²) in [6.45, 7) is 2.01. The summed E-state index contributed by atoms with van der Waals surface area (Å²) in [4.78, 5) is 12.6. The van der Waals surface area contributed by atoms with Crippen molar-refractivity contribution >= 4 is 5.91 Å². The van der Waals surface area contributed by atoms with Crippen LogP contribution in [-0.2, 0) is 0 Å². The number of nitrogens with one attached hydrogen (secondary N) is 2. The Kier molecular flexibility index (Phi) is 5.18. The summed E-state index contributed by atoms with van der Waals surface area (Å²) >= 11 is 0. The van der Waals surface area contributed by atoms with Crippen molar-refractivity contribution in [1.29, 1.82) is 0 Å². The minimum absolute atomic E-state index is 0.0474. The molecule has 5 heteroatoms. The van der Waals surface area contributed by atoms with Crippen LogP contribution < -0.4 is 15.4 Å². The number of carbonyl (C=O) groups excluding carboxylic acids is 1. The predicted molar refractivity (Wildman–Crippen MR) is 88.6 cm³/mol. The largest absolute Gasteiger partial charge is 0.497 e. The van der Waals surface area contributed by atoms with Crippen LogP contribution >= 0.6 is 0 Å². The first kappa shape index (κ1) is 16.3. The molecule has 1 atom stereocenters. The van der Waals surface area contributed by atoms with Crippen molar-refractivity contribution in [3.8, 4) is 5.75 Å². The molecule has 0 unspecified atom stereocenters. The van der Waals surface area contributed by atoms with Crippen molar-refractivity contribution in [2.75, 3.05) is 20.2 Å². The zero-order valence-electron chi connectivity index (χ0n) is 13.6. The van der Waals surface area contributed by atoms with E-state index in [4.69, 9.17) is 4.74 Å². The number of methoxy groups -OCH3 is 1. The van der Waals surface area contributed by atoms with Crippen LogP contribution in [0.2, 0.25) is 0 Å². The van der Waals surface area contributed by atoms with Gasteiger partial charge in [0.1, 0.15) is 5.75 Å². The number of carbonyl (C=O) groups is 1. The van der Waals surface area contributed by atoms with Crippen LogP contribution in [0.25, 0.3) is 0 Å². The van der Waals surface area contributed by atoms with Gasteiger partial charge in [0.15, 0.2) is 0 Å². The highest BCUT2D eigenvalue weighted by Crippen LogP contribution is 2.36. The van der Waals surface area contributed by atoms with Crippen molar-refractivity contribution in [2.24, 2.45) is 11.8 Å². The normalized spacial score (nSPS) is 26.2. The number of benzene rings is 1. The molecule has 3 rings (SSSR count). The van der Waals surface area contributed by atoms with Crippen LogP contribution in [0.1, 0.15) is 36.0 Å². The van der Waals surface area contributed by atoms with Gasteiger partial charge in [-0.2, -0.15) is 0 Å². The molecule has 2 fully saturated rings. The van der Waals surface area contributed by atoms with Gasteiger partial charge in [-0.3, -0.25) is 4.79 Å². The number of aliphatic hydroxyl groups excluding tert-OH is 1. The second-order valence-corrected chi connectivity index (χ2v) is 6.70. The molecule has 2 aliphatic rings. The van der Waals surface area contributed by atoms with Crippen molar-refractivity contribution in [2.45, 2.75) is 37.8 Å². The van der Waals surface area contributed by atoms with Gasteiger partial charge < -0.3 is 20.5 Å². The van der Waals surface area contributed by atoms with Gasteiger partial charge in [-0.05, 0) is 68.8 Å². The average Bonchev–Trinajstić information content (AvgIpc) is 2.58. The Balaban J connectivity index is 1.70. The van der Waals surface area contributed by atoms with Gasteiger partial charge in [-0.1, -0.05) is 6.07 Å². The molecule has 23 heavy (non-hydrogen) atoms. The van der Waals surface area contributed by atoms with Crippen molar-refractivity contribution in [1.82, 2.24) is 10.6 Å². The highest BCUT2D eigenvalue weighted by molar-refractivity contribution is 5.94. The first-order valence-corrected chi connectivity index (χ1v) is 8.51. The number of rotatable bonds is 5. The molecule has 1 aliphatic heterocycles. The minimum Gasteiger partial charge on any atom is -0.497 e. The summed E-state index contributed by atoms with van der Waals surface area (Å²) < 4.78 is 5.20. The van der Waals surface area contributed by atoms with E-state index in [1.807, 2.05) is 18.2 Å². The van der Waals surface area contributed by atoms with Crippen LogP contribution in [0.3, 0.4) is 0 Å².